The lowest BCUT2D eigenvalue weighted by atomic mass is 10.0. The SMILES string of the molecule is COc1ccc(C(C=Cc2ccc(-c3ccccc3)cc2)=CC(=O)N2CCOCC2)cc1OC. The molecule has 0 atom stereocenters. The summed E-state index contributed by atoms with van der Waals surface area (Å²) in [5.41, 5.74) is 5.06. The van der Waals surface area contributed by atoms with Crippen LogP contribution in [0.5, 0.6) is 11.5 Å². The van der Waals surface area contributed by atoms with Crippen LogP contribution in [0, 0.1) is 0 Å². The van der Waals surface area contributed by atoms with E-state index in [1.54, 1.807) is 20.3 Å². The van der Waals surface area contributed by atoms with Crippen LogP contribution in [-0.4, -0.2) is 51.3 Å². The van der Waals surface area contributed by atoms with Gasteiger partial charge in [0.25, 0.3) is 0 Å². The van der Waals surface area contributed by atoms with Crippen LogP contribution < -0.4 is 9.47 Å². The summed E-state index contributed by atoms with van der Waals surface area (Å²) in [6.45, 7) is 2.32. The Kier molecular flexibility index (Phi) is 7.79. The highest BCUT2D eigenvalue weighted by Crippen LogP contribution is 2.31. The average Bonchev–Trinajstić information content (AvgIpc) is 2.91. The fourth-order valence-corrected chi connectivity index (χ4v) is 3.85. The predicted molar refractivity (Wildman–Crippen MR) is 136 cm³/mol. The smallest absolute Gasteiger partial charge is 0.247 e. The van der Waals surface area contributed by atoms with Crippen LogP contribution in [0.4, 0.5) is 0 Å². The van der Waals surface area contributed by atoms with Crippen molar-refractivity contribution in [1.82, 2.24) is 4.90 Å². The van der Waals surface area contributed by atoms with E-state index >= 15 is 0 Å². The second-order valence-corrected chi connectivity index (χ2v) is 7.93. The van der Waals surface area contributed by atoms with Crippen LogP contribution in [0.25, 0.3) is 22.8 Å². The summed E-state index contributed by atoms with van der Waals surface area (Å²) in [6, 6.07) is 24.3. The summed E-state index contributed by atoms with van der Waals surface area (Å²) in [4.78, 5) is 14.8. The van der Waals surface area contributed by atoms with Gasteiger partial charge in [0.2, 0.25) is 5.91 Å². The van der Waals surface area contributed by atoms with E-state index in [1.807, 2.05) is 53.5 Å². The van der Waals surface area contributed by atoms with E-state index in [1.165, 1.54) is 5.56 Å². The summed E-state index contributed by atoms with van der Waals surface area (Å²) in [5.74, 6) is 1.23. The zero-order valence-electron chi connectivity index (χ0n) is 19.6. The lowest BCUT2D eigenvalue weighted by molar-refractivity contribution is -0.129. The van der Waals surface area contributed by atoms with Crippen LogP contribution in [-0.2, 0) is 9.53 Å². The number of hydrogen-bond acceptors (Lipinski definition) is 4. The Hall–Kier alpha value is -3.83. The number of amides is 1. The van der Waals surface area contributed by atoms with Gasteiger partial charge in [-0.05, 0) is 40.0 Å². The van der Waals surface area contributed by atoms with Crippen molar-refractivity contribution in [2.75, 3.05) is 40.5 Å². The molecule has 174 valence electrons. The lowest BCUT2D eigenvalue weighted by Crippen LogP contribution is -2.39. The molecule has 0 aromatic heterocycles. The zero-order valence-corrected chi connectivity index (χ0v) is 19.6. The summed E-state index contributed by atoms with van der Waals surface area (Å²) in [5, 5.41) is 0. The Morgan fingerprint density at radius 1 is 0.853 bits per heavy atom. The molecule has 34 heavy (non-hydrogen) atoms. The van der Waals surface area contributed by atoms with Gasteiger partial charge in [-0.1, -0.05) is 72.8 Å². The standard InChI is InChI=1S/C29H29NO4/c1-32-27-15-14-25(20-28(27)33-2)26(21-29(31)30-16-18-34-19-17-30)13-10-22-8-11-24(12-9-22)23-6-4-3-5-7-23/h3-15,20-21H,16-19H2,1-2H3. The van der Waals surface area contributed by atoms with Crippen LogP contribution in [0.1, 0.15) is 11.1 Å². The monoisotopic (exact) mass is 455 g/mol. The molecule has 0 bridgehead atoms. The quantitative estimate of drug-likeness (QED) is 0.357. The van der Waals surface area contributed by atoms with E-state index < -0.39 is 0 Å². The van der Waals surface area contributed by atoms with E-state index in [2.05, 4.69) is 36.4 Å². The van der Waals surface area contributed by atoms with Crippen molar-refractivity contribution in [2.45, 2.75) is 0 Å². The molecule has 0 aliphatic carbocycles. The highest BCUT2D eigenvalue weighted by Gasteiger charge is 2.16. The number of allylic oxidation sites excluding steroid dienone is 2. The van der Waals surface area contributed by atoms with E-state index in [9.17, 15) is 4.79 Å². The zero-order chi connectivity index (χ0) is 23.8. The number of carbonyl (C=O) groups excluding carboxylic acids is 1. The third-order valence-electron chi connectivity index (χ3n) is 5.79. The molecule has 0 radical (unpaired) electrons. The van der Waals surface area contributed by atoms with E-state index in [4.69, 9.17) is 14.2 Å². The molecule has 0 unspecified atom stereocenters. The fourth-order valence-electron chi connectivity index (χ4n) is 3.85. The van der Waals surface area contributed by atoms with E-state index in [0.29, 0.717) is 37.8 Å². The fraction of sp³-hybridized carbons (Fsp3) is 0.207. The summed E-state index contributed by atoms with van der Waals surface area (Å²) < 4.78 is 16.2. The molecular weight excluding hydrogens is 426 g/mol. The second kappa shape index (κ2) is 11.3. The molecule has 1 aliphatic rings. The number of methoxy groups -OCH3 is 2. The van der Waals surface area contributed by atoms with Crippen LogP contribution in [0.3, 0.4) is 0 Å². The molecule has 3 aromatic carbocycles. The van der Waals surface area contributed by atoms with Crippen LogP contribution in [0.2, 0.25) is 0 Å². The molecule has 3 aromatic rings. The topological polar surface area (TPSA) is 48.0 Å². The first-order chi connectivity index (χ1) is 16.7. The summed E-state index contributed by atoms with van der Waals surface area (Å²) in [6.07, 6.45) is 5.67. The highest BCUT2D eigenvalue weighted by molar-refractivity contribution is 5.98. The van der Waals surface area contributed by atoms with Crippen LogP contribution in [0.15, 0.2) is 84.9 Å². The van der Waals surface area contributed by atoms with Crippen molar-refractivity contribution in [2.24, 2.45) is 0 Å². The lowest BCUT2D eigenvalue weighted by Gasteiger charge is -2.26. The maximum absolute atomic E-state index is 13.0. The van der Waals surface area contributed by atoms with Crippen molar-refractivity contribution in [3.63, 3.8) is 0 Å². The minimum absolute atomic E-state index is 0.0304. The highest BCUT2D eigenvalue weighted by atomic mass is 16.5. The molecule has 1 amide bonds. The van der Waals surface area contributed by atoms with Gasteiger partial charge in [-0.2, -0.15) is 0 Å². The first-order valence-electron chi connectivity index (χ1n) is 11.3. The molecule has 1 heterocycles. The Balaban J connectivity index is 1.63. The Bertz CT molecular complexity index is 1160. The normalized spacial score (nSPS) is 14.3. The number of hydrogen-bond donors (Lipinski definition) is 0. The van der Waals surface area contributed by atoms with Crippen molar-refractivity contribution in [3.8, 4) is 22.6 Å². The molecule has 5 nitrogen and oxygen atoms in total. The third-order valence-corrected chi connectivity index (χ3v) is 5.79. The Morgan fingerprint density at radius 3 is 2.21 bits per heavy atom. The van der Waals surface area contributed by atoms with Crippen molar-refractivity contribution >= 4 is 17.6 Å². The molecule has 0 N–H and O–H groups in total. The minimum Gasteiger partial charge on any atom is -0.493 e. The maximum Gasteiger partial charge on any atom is 0.247 e. The van der Waals surface area contributed by atoms with E-state index in [-0.39, 0.29) is 5.91 Å². The molecular formula is C29H29NO4. The number of nitrogens with zero attached hydrogens (tertiary/aromatic N) is 1. The maximum atomic E-state index is 13.0. The minimum atomic E-state index is -0.0304. The Labute approximate surface area is 200 Å². The third kappa shape index (κ3) is 5.74. The largest absolute Gasteiger partial charge is 0.493 e. The molecule has 4 rings (SSSR count). The van der Waals surface area contributed by atoms with Gasteiger partial charge in [-0.15, -0.1) is 0 Å². The molecule has 1 fully saturated rings. The molecule has 0 saturated carbocycles. The Morgan fingerprint density at radius 2 is 1.53 bits per heavy atom. The van der Waals surface area contributed by atoms with Gasteiger partial charge in [0.05, 0.1) is 27.4 Å². The molecule has 5 heteroatoms. The van der Waals surface area contributed by atoms with Gasteiger partial charge in [0.1, 0.15) is 0 Å². The molecule has 1 saturated heterocycles. The van der Waals surface area contributed by atoms with Crippen molar-refractivity contribution in [3.05, 3.63) is 96.1 Å². The number of ether oxygens (including phenoxy) is 3. The van der Waals surface area contributed by atoms with Gasteiger partial charge in [0.15, 0.2) is 11.5 Å². The average molecular weight is 456 g/mol. The van der Waals surface area contributed by atoms with Crippen molar-refractivity contribution < 1.29 is 19.0 Å². The first-order valence-corrected chi connectivity index (χ1v) is 11.3. The summed E-state index contributed by atoms with van der Waals surface area (Å²) in [7, 11) is 3.21. The molecule has 1 aliphatic heterocycles. The number of morpholine rings is 1. The molecule has 0 spiro atoms. The number of carbonyl (C=O) groups is 1. The van der Waals surface area contributed by atoms with Crippen molar-refractivity contribution in [1.29, 1.82) is 0 Å². The predicted octanol–water partition coefficient (Wildman–Crippen LogP) is 5.33. The van der Waals surface area contributed by atoms with Gasteiger partial charge >= 0.3 is 0 Å². The number of benzene rings is 3. The van der Waals surface area contributed by atoms with Gasteiger partial charge < -0.3 is 19.1 Å². The van der Waals surface area contributed by atoms with Gasteiger partial charge in [0, 0.05) is 19.2 Å². The first kappa shape index (κ1) is 23.3. The second-order valence-electron chi connectivity index (χ2n) is 7.93. The summed E-state index contributed by atoms with van der Waals surface area (Å²) >= 11 is 0. The van der Waals surface area contributed by atoms with Crippen LogP contribution >= 0.6 is 0 Å². The van der Waals surface area contributed by atoms with Gasteiger partial charge in [-0.25, -0.2) is 0 Å². The van der Waals surface area contributed by atoms with Gasteiger partial charge in [-0.3, -0.25) is 4.79 Å². The number of rotatable bonds is 7. The van der Waals surface area contributed by atoms with E-state index in [0.717, 1.165) is 22.3 Å².